The first-order valence-corrected chi connectivity index (χ1v) is 29.2. The Labute approximate surface area is 398 Å². The summed E-state index contributed by atoms with van der Waals surface area (Å²) in [6.45, 7) is 4.62. The van der Waals surface area contributed by atoms with Crippen LogP contribution in [0.5, 0.6) is 0 Å². The maximum atomic E-state index is 12.8. The number of rotatable bonds is 51. The van der Waals surface area contributed by atoms with Crippen LogP contribution in [-0.4, -0.2) is 68.5 Å². The van der Waals surface area contributed by atoms with Gasteiger partial charge in [-0.25, -0.2) is 0 Å². The minimum Gasteiger partial charge on any atom is -0.756 e. The molecule has 0 fully saturated rings. The predicted molar refractivity (Wildman–Crippen MR) is 275 cm³/mol. The number of nitrogens with one attached hydrogen (secondary N) is 1. The standard InChI is InChI=1S/C55H109N2O6P/c1-6-8-10-12-14-16-18-19-20-21-22-23-24-25-26-27-28-29-30-31-32-33-34-35-36-37-39-40-42-44-46-48-54(58)53(52-63-64(60,61)62-51-50-57(3,4)5)56-55(59)49-47-45-43-41-38-17-15-13-11-9-7-2/h13,15,46,48,53-54,58H,6-12,14,16-45,47,49-52H2,1-5H3,(H-,56,59,60,61)/b15-13-,48-46+. The third-order valence-corrected chi connectivity index (χ3v) is 13.6. The van der Waals surface area contributed by atoms with Crippen molar-refractivity contribution >= 4 is 13.7 Å². The molecule has 8 nitrogen and oxygen atoms in total. The van der Waals surface area contributed by atoms with Gasteiger partial charge in [-0.3, -0.25) is 9.36 Å². The maximum absolute atomic E-state index is 12.8. The van der Waals surface area contributed by atoms with E-state index in [0.717, 1.165) is 57.8 Å². The van der Waals surface area contributed by atoms with Crippen LogP contribution in [0.2, 0.25) is 0 Å². The van der Waals surface area contributed by atoms with Crippen LogP contribution in [-0.2, 0) is 18.4 Å². The lowest BCUT2D eigenvalue weighted by atomic mass is 10.0. The summed E-state index contributed by atoms with van der Waals surface area (Å²) in [5.74, 6) is -0.206. The monoisotopic (exact) mass is 925 g/mol. The Morgan fingerprint density at radius 3 is 1.27 bits per heavy atom. The molecule has 3 unspecified atom stereocenters. The minimum atomic E-state index is -4.59. The quantitative estimate of drug-likeness (QED) is 0.0272. The molecule has 2 N–H and O–H groups in total. The van der Waals surface area contributed by atoms with Gasteiger partial charge in [-0.2, -0.15) is 0 Å². The molecule has 0 radical (unpaired) electrons. The van der Waals surface area contributed by atoms with Gasteiger partial charge in [-0.15, -0.1) is 0 Å². The summed E-state index contributed by atoms with van der Waals surface area (Å²) < 4.78 is 23.3. The number of nitrogens with zero attached hydrogens (tertiary/aromatic N) is 1. The molecule has 0 aliphatic carbocycles. The number of hydrogen-bond donors (Lipinski definition) is 2. The summed E-state index contributed by atoms with van der Waals surface area (Å²) in [7, 11) is 1.26. The smallest absolute Gasteiger partial charge is 0.268 e. The van der Waals surface area contributed by atoms with Gasteiger partial charge in [0, 0.05) is 6.42 Å². The second-order valence-electron chi connectivity index (χ2n) is 20.3. The maximum Gasteiger partial charge on any atom is 0.268 e. The Morgan fingerprint density at radius 1 is 0.531 bits per heavy atom. The van der Waals surface area contributed by atoms with Gasteiger partial charge in [-0.05, 0) is 38.5 Å². The van der Waals surface area contributed by atoms with E-state index < -0.39 is 20.0 Å². The highest BCUT2D eigenvalue weighted by Crippen LogP contribution is 2.38. The fraction of sp³-hybridized carbons (Fsp3) is 0.909. The Kier molecular flexibility index (Phi) is 46.3. The summed E-state index contributed by atoms with van der Waals surface area (Å²) in [5.41, 5.74) is 0. The number of likely N-dealkylation sites (N-methyl/N-ethyl adjacent to an activating group) is 1. The van der Waals surface area contributed by atoms with Crippen molar-refractivity contribution in [3.8, 4) is 0 Å². The van der Waals surface area contributed by atoms with Crippen LogP contribution in [0.15, 0.2) is 24.3 Å². The van der Waals surface area contributed by atoms with Crippen molar-refractivity contribution in [3.63, 3.8) is 0 Å². The van der Waals surface area contributed by atoms with Crippen LogP contribution >= 0.6 is 7.82 Å². The molecule has 3 atom stereocenters. The van der Waals surface area contributed by atoms with Crippen molar-refractivity contribution in [2.75, 3.05) is 40.9 Å². The molecule has 1 amide bonds. The Hall–Kier alpha value is -1.02. The van der Waals surface area contributed by atoms with Gasteiger partial charge in [0.1, 0.15) is 13.2 Å². The first kappa shape index (κ1) is 63.0. The van der Waals surface area contributed by atoms with E-state index in [4.69, 9.17) is 9.05 Å². The summed E-state index contributed by atoms with van der Waals surface area (Å²) in [4.78, 5) is 25.3. The van der Waals surface area contributed by atoms with Gasteiger partial charge in [0.2, 0.25) is 5.91 Å². The summed E-state index contributed by atoms with van der Waals surface area (Å²) in [6, 6.07) is -0.888. The number of carbonyl (C=O) groups is 1. The fourth-order valence-corrected chi connectivity index (χ4v) is 8.98. The SMILES string of the molecule is CCCC/C=C\CCCCCCCC(=O)NC(COP(=O)([O-])OCC[N+](C)(C)C)C(O)/C=C/CCCCCCCCCCCCCCCCCCCCCCCCCCCCCCC. The number of aliphatic hydroxyl groups is 1. The predicted octanol–water partition coefficient (Wildman–Crippen LogP) is 15.8. The van der Waals surface area contributed by atoms with Gasteiger partial charge in [0.25, 0.3) is 7.82 Å². The zero-order valence-corrected chi connectivity index (χ0v) is 44.1. The number of amides is 1. The molecule has 0 aliphatic heterocycles. The van der Waals surface area contributed by atoms with E-state index in [2.05, 4.69) is 31.3 Å². The molecule has 0 heterocycles. The number of phosphoric acid groups is 1. The van der Waals surface area contributed by atoms with Gasteiger partial charge in [-0.1, -0.05) is 250 Å². The highest BCUT2D eigenvalue weighted by Gasteiger charge is 2.23. The molecule has 0 saturated carbocycles. The van der Waals surface area contributed by atoms with E-state index in [1.165, 1.54) is 193 Å². The van der Waals surface area contributed by atoms with Gasteiger partial charge < -0.3 is 28.8 Å². The lowest BCUT2D eigenvalue weighted by molar-refractivity contribution is -0.870. The van der Waals surface area contributed by atoms with Crippen LogP contribution in [0.25, 0.3) is 0 Å². The Morgan fingerprint density at radius 2 is 0.875 bits per heavy atom. The third kappa shape index (κ3) is 48.9. The van der Waals surface area contributed by atoms with Gasteiger partial charge in [0.15, 0.2) is 0 Å². The van der Waals surface area contributed by atoms with E-state index in [1.807, 2.05) is 27.2 Å². The number of quaternary nitrogens is 1. The second-order valence-corrected chi connectivity index (χ2v) is 21.7. The molecule has 0 aromatic heterocycles. The van der Waals surface area contributed by atoms with E-state index >= 15 is 0 Å². The van der Waals surface area contributed by atoms with E-state index in [9.17, 15) is 19.4 Å². The minimum absolute atomic E-state index is 0.00140. The molecule has 64 heavy (non-hydrogen) atoms. The first-order valence-electron chi connectivity index (χ1n) is 27.7. The Bertz CT molecular complexity index is 1090. The zero-order chi connectivity index (χ0) is 47.1. The number of unbranched alkanes of at least 4 members (excludes halogenated alkanes) is 36. The highest BCUT2D eigenvalue weighted by molar-refractivity contribution is 7.45. The van der Waals surface area contributed by atoms with Crippen molar-refractivity contribution in [3.05, 3.63) is 24.3 Å². The second kappa shape index (κ2) is 47.1. The van der Waals surface area contributed by atoms with Crippen molar-refractivity contribution in [1.29, 1.82) is 0 Å². The van der Waals surface area contributed by atoms with Crippen LogP contribution in [0.4, 0.5) is 0 Å². The molecule has 0 spiro atoms. The summed E-state index contributed by atoms with van der Waals surface area (Å²) >= 11 is 0. The third-order valence-electron chi connectivity index (χ3n) is 12.7. The van der Waals surface area contributed by atoms with Crippen molar-refractivity contribution in [1.82, 2.24) is 5.32 Å². The van der Waals surface area contributed by atoms with Gasteiger partial charge >= 0.3 is 0 Å². The molecule has 0 aliphatic rings. The number of aliphatic hydroxyl groups excluding tert-OH is 1. The van der Waals surface area contributed by atoms with Crippen LogP contribution < -0.4 is 10.2 Å². The number of phosphoric ester groups is 1. The van der Waals surface area contributed by atoms with Crippen molar-refractivity contribution in [2.45, 2.75) is 283 Å². The number of carbonyl (C=O) groups excluding carboxylic acids is 1. The van der Waals surface area contributed by atoms with Crippen LogP contribution in [0.1, 0.15) is 271 Å². The molecule has 0 aromatic carbocycles. The normalized spacial score (nSPS) is 14.2. The van der Waals surface area contributed by atoms with E-state index in [0.29, 0.717) is 17.4 Å². The first-order chi connectivity index (χ1) is 31.0. The molecule has 0 saturated heterocycles. The molecule has 0 bridgehead atoms. The Balaban J connectivity index is 4.03. The van der Waals surface area contributed by atoms with Crippen molar-refractivity contribution in [2.24, 2.45) is 0 Å². The fourth-order valence-electron chi connectivity index (χ4n) is 8.25. The summed E-state index contributed by atoms with van der Waals surface area (Å²) in [5, 5.41) is 13.8. The highest BCUT2D eigenvalue weighted by atomic mass is 31.2. The van der Waals surface area contributed by atoms with E-state index in [-0.39, 0.29) is 19.1 Å². The topological polar surface area (TPSA) is 108 Å². The molecule has 0 aromatic rings. The molecular weight excluding hydrogens is 816 g/mol. The van der Waals surface area contributed by atoms with Gasteiger partial charge in [0.05, 0.1) is 39.9 Å². The zero-order valence-electron chi connectivity index (χ0n) is 43.3. The largest absolute Gasteiger partial charge is 0.756 e. The molecule has 0 rings (SSSR count). The van der Waals surface area contributed by atoms with Crippen molar-refractivity contribution < 1.29 is 32.9 Å². The lowest BCUT2D eigenvalue weighted by Crippen LogP contribution is -2.45. The molecule has 9 heteroatoms. The van der Waals surface area contributed by atoms with Crippen LogP contribution in [0.3, 0.4) is 0 Å². The van der Waals surface area contributed by atoms with Crippen LogP contribution in [0, 0.1) is 0 Å². The molecule has 380 valence electrons. The number of allylic oxidation sites excluding steroid dienone is 3. The van der Waals surface area contributed by atoms with E-state index in [1.54, 1.807) is 6.08 Å². The average molecular weight is 925 g/mol. The summed E-state index contributed by atoms with van der Waals surface area (Å²) in [6.07, 6.45) is 58.4. The lowest BCUT2D eigenvalue weighted by Gasteiger charge is -2.29. The molecular formula is C55H109N2O6P. The average Bonchev–Trinajstić information content (AvgIpc) is 3.25. The number of hydrogen-bond acceptors (Lipinski definition) is 6.